The van der Waals surface area contributed by atoms with E-state index in [-0.39, 0.29) is 5.54 Å². The summed E-state index contributed by atoms with van der Waals surface area (Å²) in [6.45, 7) is 6.03. The first-order valence-corrected chi connectivity index (χ1v) is 6.94. The van der Waals surface area contributed by atoms with Crippen LogP contribution in [-0.4, -0.2) is 25.3 Å². The second-order valence-corrected chi connectivity index (χ2v) is 5.69. The van der Waals surface area contributed by atoms with E-state index in [1.807, 2.05) is 0 Å². The molecule has 1 unspecified atom stereocenters. The lowest BCUT2D eigenvalue weighted by Gasteiger charge is -2.26. The van der Waals surface area contributed by atoms with Crippen LogP contribution in [-0.2, 0) is 17.7 Å². The van der Waals surface area contributed by atoms with Crippen LogP contribution in [0.5, 0.6) is 0 Å². The number of benzene rings is 1. The van der Waals surface area contributed by atoms with Crippen molar-refractivity contribution in [1.29, 1.82) is 0 Å². The van der Waals surface area contributed by atoms with E-state index >= 15 is 0 Å². The van der Waals surface area contributed by atoms with Gasteiger partial charge in [-0.3, -0.25) is 0 Å². The molecule has 3 heteroatoms. The lowest BCUT2D eigenvalue weighted by atomic mass is 9.96. The Bertz CT molecular complexity index is 425. The molecule has 0 radical (unpaired) electrons. The topological polar surface area (TPSA) is 33.3 Å². The Balaban J connectivity index is 1.72. The van der Waals surface area contributed by atoms with Crippen LogP contribution in [0.25, 0.3) is 0 Å². The molecule has 2 aliphatic rings. The molecular weight excluding hydrogens is 224 g/mol. The van der Waals surface area contributed by atoms with E-state index < -0.39 is 0 Å². The lowest BCUT2D eigenvalue weighted by Crippen LogP contribution is -2.42. The third-order valence-corrected chi connectivity index (χ3v) is 4.12. The Hall–Kier alpha value is -1.06. The predicted octanol–water partition coefficient (Wildman–Crippen LogP) is 2.31. The third kappa shape index (κ3) is 2.38. The molecule has 2 N–H and O–H groups in total. The summed E-state index contributed by atoms with van der Waals surface area (Å²) in [7, 11) is 0. The van der Waals surface area contributed by atoms with Crippen molar-refractivity contribution in [1.82, 2.24) is 5.32 Å². The van der Waals surface area contributed by atoms with Crippen molar-refractivity contribution in [3.8, 4) is 0 Å². The molecule has 1 atom stereocenters. The van der Waals surface area contributed by atoms with Crippen molar-refractivity contribution < 1.29 is 4.74 Å². The number of hydrogen-bond donors (Lipinski definition) is 2. The maximum absolute atomic E-state index is 5.49. The fraction of sp³-hybridized carbons (Fsp3) is 0.600. The quantitative estimate of drug-likeness (QED) is 0.858. The molecule has 3 rings (SSSR count). The van der Waals surface area contributed by atoms with Crippen LogP contribution in [0.4, 0.5) is 5.69 Å². The minimum atomic E-state index is 0.158. The second-order valence-electron chi connectivity index (χ2n) is 5.69. The number of hydrogen-bond acceptors (Lipinski definition) is 3. The molecule has 3 nitrogen and oxygen atoms in total. The van der Waals surface area contributed by atoms with Gasteiger partial charge in [0.1, 0.15) is 0 Å². The van der Waals surface area contributed by atoms with Gasteiger partial charge in [0.05, 0.1) is 6.61 Å². The highest BCUT2D eigenvalue weighted by molar-refractivity contribution is 5.56. The first kappa shape index (κ1) is 12.0. The Kier molecular flexibility index (Phi) is 3.27. The van der Waals surface area contributed by atoms with E-state index in [0.29, 0.717) is 0 Å². The lowest BCUT2D eigenvalue weighted by molar-refractivity contribution is 0.171. The molecule has 98 valence electrons. The van der Waals surface area contributed by atoms with Gasteiger partial charge in [-0.15, -0.1) is 0 Å². The Morgan fingerprint density at radius 1 is 1.44 bits per heavy atom. The molecule has 0 saturated carbocycles. The molecule has 0 aromatic heterocycles. The number of fused-ring (bicyclic) bond motifs is 1. The molecule has 1 aromatic carbocycles. The van der Waals surface area contributed by atoms with Crippen LogP contribution >= 0.6 is 0 Å². The molecule has 2 heterocycles. The summed E-state index contributed by atoms with van der Waals surface area (Å²) in [5.41, 5.74) is 4.42. The van der Waals surface area contributed by atoms with Gasteiger partial charge in [0.15, 0.2) is 0 Å². The highest BCUT2D eigenvalue weighted by atomic mass is 16.5. The van der Waals surface area contributed by atoms with Crippen LogP contribution in [0.2, 0.25) is 0 Å². The zero-order valence-electron chi connectivity index (χ0n) is 11.1. The number of anilines is 1. The molecule has 0 spiro atoms. The average molecular weight is 246 g/mol. The van der Waals surface area contributed by atoms with Crippen molar-refractivity contribution in [3.05, 3.63) is 29.3 Å². The van der Waals surface area contributed by atoms with Gasteiger partial charge >= 0.3 is 0 Å². The van der Waals surface area contributed by atoms with Gasteiger partial charge in [-0.1, -0.05) is 12.1 Å². The van der Waals surface area contributed by atoms with E-state index in [4.69, 9.17) is 4.74 Å². The molecule has 1 aromatic rings. The smallest absolute Gasteiger partial charge is 0.0646 e. The van der Waals surface area contributed by atoms with E-state index in [0.717, 1.165) is 32.7 Å². The van der Waals surface area contributed by atoms with Gasteiger partial charge in [-0.25, -0.2) is 0 Å². The standard InChI is InChI=1S/C15H22N2O/c1-15(7-9-18-11-15)17-10-12-4-2-6-14-13(12)5-3-8-16-14/h2,4,6,16-17H,3,5,7-11H2,1H3. The zero-order chi connectivity index (χ0) is 12.4. The summed E-state index contributed by atoms with van der Waals surface area (Å²) in [6.07, 6.45) is 3.55. The minimum Gasteiger partial charge on any atom is -0.385 e. The van der Waals surface area contributed by atoms with Crippen molar-refractivity contribution in [2.75, 3.05) is 25.1 Å². The maximum Gasteiger partial charge on any atom is 0.0646 e. The predicted molar refractivity (Wildman–Crippen MR) is 73.9 cm³/mol. The highest BCUT2D eigenvalue weighted by Gasteiger charge is 2.29. The van der Waals surface area contributed by atoms with Crippen molar-refractivity contribution in [3.63, 3.8) is 0 Å². The maximum atomic E-state index is 5.49. The summed E-state index contributed by atoms with van der Waals surface area (Å²) >= 11 is 0. The molecule has 1 saturated heterocycles. The Morgan fingerprint density at radius 2 is 2.39 bits per heavy atom. The van der Waals surface area contributed by atoms with Gasteiger partial charge in [0.25, 0.3) is 0 Å². The summed E-state index contributed by atoms with van der Waals surface area (Å²) < 4.78 is 5.49. The molecule has 0 bridgehead atoms. The summed E-state index contributed by atoms with van der Waals surface area (Å²) in [5.74, 6) is 0. The van der Waals surface area contributed by atoms with Gasteiger partial charge in [0.2, 0.25) is 0 Å². The zero-order valence-corrected chi connectivity index (χ0v) is 11.1. The SMILES string of the molecule is CC1(NCc2cccc3c2CCCN3)CCOC1. The minimum absolute atomic E-state index is 0.158. The van der Waals surface area contributed by atoms with Crippen molar-refractivity contribution >= 4 is 5.69 Å². The van der Waals surface area contributed by atoms with E-state index in [9.17, 15) is 0 Å². The molecular formula is C15H22N2O. The summed E-state index contributed by atoms with van der Waals surface area (Å²) in [5, 5.41) is 7.16. The number of nitrogens with one attached hydrogen (secondary N) is 2. The van der Waals surface area contributed by atoms with Crippen LogP contribution in [0.3, 0.4) is 0 Å². The van der Waals surface area contributed by atoms with Crippen LogP contribution in [0.1, 0.15) is 30.9 Å². The Labute approximate surface area is 109 Å². The largest absolute Gasteiger partial charge is 0.385 e. The van der Waals surface area contributed by atoms with Crippen LogP contribution < -0.4 is 10.6 Å². The molecule has 2 aliphatic heterocycles. The van der Waals surface area contributed by atoms with Crippen LogP contribution in [0, 0.1) is 0 Å². The van der Waals surface area contributed by atoms with Gasteiger partial charge in [-0.2, -0.15) is 0 Å². The summed E-state index contributed by atoms with van der Waals surface area (Å²) in [6, 6.07) is 6.60. The fourth-order valence-electron chi connectivity index (χ4n) is 2.86. The molecule has 0 aliphatic carbocycles. The normalized spacial score (nSPS) is 26.7. The summed E-state index contributed by atoms with van der Waals surface area (Å²) in [4.78, 5) is 0. The van der Waals surface area contributed by atoms with Gasteiger partial charge in [0, 0.05) is 30.9 Å². The fourth-order valence-corrected chi connectivity index (χ4v) is 2.86. The average Bonchev–Trinajstić information content (AvgIpc) is 2.84. The first-order valence-electron chi connectivity index (χ1n) is 6.94. The highest BCUT2D eigenvalue weighted by Crippen LogP contribution is 2.26. The second kappa shape index (κ2) is 4.90. The molecule has 0 amide bonds. The van der Waals surface area contributed by atoms with E-state index in [2.05, 4.69) is 35.8 Å². The van der Waals surface area contributed by atoms with Crippen molar-refractivity contribution in [2.24, 2.45) is 0 Å². The van der Waals surface area contributed by atoms with Gasteiger partial charge in [-0.05, 0) is 43.4 Å². The molecule has 18 heavy (non-hydrogen) atoms. The Morgan fingerprint density at radius 3 is 3.22 bits per heavy atom. The van der Waals surface area contributed by atoms with E-state index in [1.54, 1.807) is 0 Å². The monoisotopic (exact) mass is 246 g/mol. The van der Waals surface area contributed by atoms with E-state index in [1.165, 1.54) is 29.7 Å². The van der Waals surface area contributed by atoms with Gasteiger partial charge < -0.3 is 15.4 Å². The third-order valence-electron chi connectivity index (χ3n) is 4.12. The van der Waals surface area contributed by atoms with Crippen LogP contribution in [0.15, 0.2) is 18.2 Å². The number of rotatable bonds is 3. The molecule has 1 fully saturated rings. The first-order chi connectivity index (χ1) is 8.77. The number of ether oxygens (including phenoxy) is 1. The van der Waals surface area contributed by atoms with Crippen molar-refractivity contribution in [2.45, 2.75) is 38.3 Å².